The van der Waals surface area contributed by atoms with Crippen LogP contribution in [0.2, 0.25) is 0 Å². The van der Waals surface area contributed by atoms with Crippen molar-refractivity contribution >= 4 is 24.2 Å². The van der Waals surface area contributed by atoms with Gasteiger partial charge in [0.15, 0.2) is 0 Å². The summed E-state index contributed by atoms with van der Waals surface area (Å²) in [5, 5.41) is 6.35. The Kier molecular flexibility index (Phi) is 7.87. The van der Waals surface area contributed by atoms with E-state index in [4.69, 9.17) is 0 Å². The quantitative estimate of drug-likeness (QED) is 0.770. The number of amides is 2. The minimum absolute atomic E-state index is 0. The van der Waals surface area contributed by atoms with Crippen molar-refractivity contribution in [1.82, 2.24) is 20.4 Å². The largest absolute Gasteiger partial charge is 0.353 e. The van der Waals surface area contributed by atoms with Crippen molar-refractivity contribution in [3.05, 3.63) is 35.4 Å². The Labute approximate surface area is 161 Å². The molecule has 2 saturated heterocycles. The van der Waals surface area contributed by atoms with Crippen LogP contribution in [-0.4, -0.2) is 66.9 Å². The number of hydrogen-bond acceptors (Lipinski definition) is 4. The highest BCUT2D eigenvalue weighted by Crippen LogP contribution is 2.21. The molecule has 1 aromatic rings. The predicted octanol–water partition coefficient (Wildman–Crippen LogP) is 0.929. The zero-order valence-electron chi connectivity index (χ0n) is 15.4. The van der Waals surface area contributed by atoms with Crippen LogP contribution in [0.15, 0.2) is 24.3 Å². The number of piperazine rings is 1. The van der Waals surface area contributed by atoms with Gasteiger partial charge in [0.05, 0.1) is 0 Å². The van der Waals surface area contributed by atoms with E-state index in [-0.39, 0.29) is 30.3 Å². The molecule has 2 heterocycles. The Hall–Kier alpha value is -1.63. The summed E-state index contributed by atoms with van der Waals surface area (Å²) in [6, 6.07) is 7.80. The molecule has 7 heteroatoms. The lowest BCUT2D eigenvalue weighted by atomic mass is 10.1. The number of rotatable bonds is 6. The van der Waals surface area contributed by atoms with Gasteiger partial charge in [0.1, 0.15) is 6.04 Å². The average molecular weight is 381 g/mol. The van der Waals surface area contributed by atoms with Gasteiger partial charge in [-0.15, -0.1) is 12.4 Å². The summed E-state index contributed by atoms with van der Waals surface area (Å²) in [5.74, 6) is 0.0518. The molecule has 1 aromatic carbocycles. The second-order valence-electron chi connectivity index (χ2n) is 6.94. The van der Waals surface area contributed by atoms with E-state index in [9.17, 15) is 9.59 Å². The molecule has 0 saturated carbocycles. The van der Waals surface area contributed by atoms with Crippen LogP contribution in [0, 0.1) is 6.92 Å². The molecule has 26 heavy (non-hydrogen) atoms. The molecule has 1 atom stereocenters. The Morgan fingerprint density at radius 1 is 1.23 bits per heavy atom. The molecule has 2 N–H and O–H groups in total. The highest BCUT2D eigenvalue weighted by atomic mass is 35.5. The molecular formula is C19H29ClN4O2. The van der Waals surface area contributed by atoms with Gasteiger partial charge in [0, 0.05) is 52.2 Å². The number of carbonyl (C=O) groups is 2. The maximum atomic E-state index is 12.6. The maximum absolute atomic E-state index is 12.6. The fourth-order valence-corrected chi connectivity index (χ4v) is 3.48. The molecule has 2 amide bonds. The predicted molar refractivity (Wildman–Crippen MR) is 104 cm³/mol. The number of benzene rings is 1. The molecule has 0 aromatic heterocycles. The fourth-order valence-electron chi connectivity index (χ4n) is 3.48. The molecule has 3 rings (SSSR count). The molecule has 2 aliphatic heterocycles. The second-order valence-corrected chi connectivity index (χ2v) is 6.94. The molecule has 144 valence electrons. The van der Waals surface area contributed by atoms with Crippen LogP contribution >= 0.6 is 12.4 Å². The first-order chi connectivity index (χ1) is 12.1. The monoisotopic (exact) mass is 380 g/mol. The summed E-state index contributed by atoms with van der Waals surface area (Å²) in [7, 11) is 0. The highest BCUT2D eigenvalue weighted by molar-refractivity contribution is 5.90. The van der Waals surface area contributed by atoms with Crippen LogP contribution < -0.4 is 10.6 Å². The molecule has 2 fully saturated rings. The van der Waals surface area contributed by atoms with Crippen molar-refractivity contribution < 1.29 is 9.59 Å². The van der Waals surface area contributed by atoms with Crippen molar-refractivity contribution in [2.24, 2.45) is 0 Å². The molecule has 0 aliphatic carbocycles. The third-order valence-corrected chi connectivity index (χ3v) is 5.04. The van der Waals surface area contributed by atoms with Crippen LogP contribution in [0.1, 0.15) is 24.0 Å². The third-order valence-electron chi connectivity index (χ3n) is 5.04. The van der Waals surface area contributed by atoms with Gasteiger partial charge in [-0.25, -0.2) is 0 Å². The molecule has 0 spiro atoms. The molecule has 1 unspecified atom stereocenters. The lowest BCUT2D eigenvalue weighted by Gasteiger charge is -2.28. The van der Waals surface area contributed by atoms with E-state index in [1.54, 1.807) is 4.90 Å². The van der Waals surface area contributed by atoms with E-state index in [0.717, 1.165) is 38.3 Å². The smallest absolute Gasteiger partial charge is 0.242 e. The molecule has 6 nitrogen and oxygen atoms in total. The minimum atomic E-state index is -0.336. The summed E-state index contributed by atoms with van der Waals surface area (Å²) < 4.78 is 0. The molecular weight excluding hydrogens is 352 g/mol. The number of hydrogen-bond donors (Lipinski definition) is 2. The van der Waals surface area contributed by atoms with Crippen molar-refractivity contribution in [3.8, 4) is 0 Å². The van der Waals surface area contributed by atoms with Gasteiger partial charge < -0.3 is 15.5 Å². The average Bonchev–Trinajstić information content (AvgIpc) is 2.98. The summed E-state index contributed by atoms with van der Waals surface area (Å²) in [6.07, 6.45) is 1.08. The second kappa shape index (κ2) is 9.90. The van der Waals surface area contributed by atoms with E-state index in [0.29, 0.717) is 25.9 Å². The number of carbonyl (C=O) groups excluding carboxylic acids is 2. The van der Waals surface area contributed by atoms with Gasteiger partial charge in [-0.1, -0.05) is 29.8 Å². The zero-order chi connectivity index (χ0) is 17.6. The van der Waals surface area contributed by atoms with Gasteiger partial charge in [-0.3, -0.25) is 14.5 Å². The van der Waals surface area contributed by atoms with Gasteiger partial charge in [-0.2, -0.15) is 0 Å². The van der Waals surface area contributed by atoms with Crippen LogP contribution in [0.25, 0.3) is 0 Å². The van der Waals surface area contributed by atoms with Gasteiger partial charge in [0.2, 0.25) is 11.8 Å². The zero-order valence-corrected chi connectivity index (χ0v) is 16.2. The van der Waals surface area contributed by atoms with Crippen LogP contribution in [0.3, 0.4) is 0 Å². The Morgan fingerprint density at radius 3 is 2.62 bits per heavy atom. The van der Waals surface area contributed by atoms with Crippen LogP contribution in [0.4, 0.5) is 0 Å². The van der Waals surface area contributed by atoms with E-state index in [1.165, 1.54) is 5.56 Å². The molecule has 0 radical (unpaired) electrons. The normalized spacial score (nSPS) is 20.7. The van der Waals surface area contributed by atoms with Gasteiger partial charge >= 0.3 is 0 Å². The number of likely N-dealkylation sites (tertiary alicyclic amines) is 1. The minimum Gasteiger partial charge on any atom is -0.353 e. The standard InChI is InChI=1S/C19H28N4O2.ClH/c1-15-2-4-16(5-3-15)14-23-17(6-7-18(23)24)19(25)21-10-13-22-11-8-20-9-12-22;/h2-5,17,20H,6-14H2,1H3,(H,21,25);1H. The number of nitrogens with one attached hydrogen (secondary N) is 2. The van der Waals surface area contributed by atoms with Crippen molar-refractivity contribution in [2.45, 2.75) is 32.4 Å². The maximum Gasteiger partial charge on any atom is 0.242 e. The Balaban J connectivity index is 0.00000243. The Morgan fingerprint density at radius 2 is 1.92 bits per heavy atom. The Bertz CT molecular complexity index is 602. The SMILES string of the molecule is Cc1ccc(CN2C(=O)CCC2C(=O)NCCN2CCNCC2)cc1.Cl. The van der Waals surface area contributed by atoms with Gasteiger partial charge in [0.25, 0.3) is 0 Å². The third kappa shape index (κ3) is 5.43. The van der Waals surface area contributed by atoms with Crippen LogP contribution in [-0.2, 0) is 16.1 Å². The van der Waals surface area contributed by atoms with E-state index in [2.05, 4.69) is 15.5 Å². The first kappa shape index (κ1) is 20.7. The molecule has 2 aliphatic rings. The van der Waals surface area contributed by atoms with Crippen LogP contribution in [0.5, 0.6) is 0 Å². The summed E-state index contributed by atoms with van der Waals surface area (Å²) in [4.78, 5) is 28.8. The van der Waals surface area contributed by atoms with E-state index < -0.39 is 0 Å². The lowest BCUT2D eigenvalue weighted by molar-refractivity contribution is -0.135. The fraction of sp³-hybridized carbons (Fsp3) is 0.579. The number of nitrogens with zero attached hydrogens (tertiary/aromatic N) is 2. The summed E-state index contributed by atoms with van der Waals surface area (Å²) in [5.41, 5.74) is 2.26. The topological polar surface area (TPSA) is 64.7 Å². The van der Waals surface area contributed by atoms with E-state index in [1.807, 2.05) is 31.2 Å². The summed E-state index contributed by atoms with van der Waals surface area (Å²) >= 11 is 0. The first-order valence-electron chi connectivity index (χ1n) is 9.19. The first-order valence-corrected chi connectivity index (χ1v) is 9.19. The summed E-state index contributed by atoms with van der Waals surface area (Å²) in [6.45, 7) is 8.13. The number of aryl methyl sites for hydroxylation is 1. The highest BCUT2D eigenvalue weighted by Gasteiger charge is 2.35. The van der Waals surface area contributed by atoms with Crippen molar-refractivity contribution in [2.75, 3.05) is 39.3 Å². The van der Waals surface area contributed by atoms with Gasteiger partial charge in [-0.05, 0) is 18.9 Å². The number of halogens is 1. The van der Waals surface area contributed by atoms with Crippen molar-refractivity contribution in [3.63, 3.8) is 0 Å². The van der Waals surface area contributed by atoms with E-state index >= 15 is 0 Å². The lowest BCUT2D eigenvalue weighted by Crippen LogP contribution is -2.49. The molecule has 0 bridgehead atoms. The van der Waals surface area contributed by atoms with Crippen molar-refractivity contribution in [1.29, 1.82) is 0 Å².